The van der Waals surface area contributed by atoms with Gasteiger partial charge in [0.15, 0.2) is 0 Å². The first kappa shape index (κ1) is 17.3. The van der Waals surface area contributed by atoms with Crippen molar-refractivity contribution in [1.29, 1.82) is 0 Å². The Morgan fingerprint density at radius 2 is 1.80 bits per heavy atom. The van der Waals surface area contributed by atoms with Crippen molar-refractivity contribution in [2.45, 2.75) is 30.2 Å². The van der Waals surface area contributed by atoms with E-state index in [1.54, 1.807) is 18.0 Å². The Kier molecular flexibility index (Phi) is 5.90. The summed E-state index contributed by atoms with van der Waals surface area (Å²) in [6, 6.07) is 20.2. The number of nitrogens with one attached hydrogen (secondary N) is 1. The molecule has 1 N–H and O–H groups in total. The molecular formula is C20H21N3OS. The summed E-state index contributed by atoms with van der Waals surface area (Å²) in [5.74, 6) is 0.0504. The van der Waals surface area contributed by atoms with E-state index < -0.39 is 0 Å². The van der Waals surface area contributed by atoms with Gasteiger partial charge in [-0.1, -0.05) is 42.5 Å². The van der Waals surface area contributed by atoms with E-state index in [0.717, 1.165) is 17.0 Å². The average molecular weight is 351 g/mol. The van der Waals surface area contributed by atoms with Crippen LogP contribution in [0.15, 0.2) is 78.0 Å². The number of hydrogen-bond donors (Lipinski definition) is 1. The van der Waals surface area contributed by atoms with Crippen molar-refractivity contribution in [3.63, 3.8) is 0 Å². The molecule has 0 aliphatic heterocycles. The number of carbonyl (C=O) groups excluding carboxylic acids is 1. The van der Waals surface area contributed by atoms with E-state index >= 15 is 0 Å². The summed E-state index contributed by atoms with van der Waals surface area (Å²) < 4.78 is 1.89. The van der Waals surface area contributed by atoms with Crippen LogP contribution in [0.4, 0.5) is 0 Å². The minimum atomic E-state index is -0.124. The molecule has 0 fully saturated rings. The van der Waals surface area contributed by atoms with Crippen LogP contribution < -0.4 is 5.32 Å². The third-order valence-corrected chi connectivity index (χ3v) is 4.93. The maximum atomic E-state index is 12.3. The van der Waals surface area contributed by atoms with E-state index in [1.807, 2.05) is 66.3 Å². The summed E-state index contributed by atoms with van der Waals surface area (Å²) in [5, 5.41) is 7.09. The van der Waals surface area contributed by atoms with Crippen molar-refractivity contribution < 1.29 is 4.79 Å². The molecular weight excluding hydrogens is 330 g/mol. The topological polar surface area (TPSA) is 46.9 Å². The van der Waals surface area contributed by atoms with Gasteiger partial charge in [0.05, 0.1) is 11.8 Å². The Hall–Kier alpha value is -2.53. The molecule has 1 unspecified atom stereocenters. The van der Waals surface area contributed by atoms with Crippen LogP contribution in [0.25, 0.3) is 0 Å². The van der Waals surface area contributed by atoms with Gasteiger partial charge in [0, 0.05) is 23.8 Å². The first-order valence-corrected chi connectivity index (χ1v) is 9.13. The van der Waals surface area contributed by atoms with Crippen molar-refractivity contribution in [2.24, 2.45) is 0 Å². The van der Waals surface area contributed by atoms with Crippen LogP contribution in [-0.2, 0) is 17.9 Å². The highest BCUT2D eigenvalue weighted by atomic mass is 32.2. The highest BCUT2D eigenvalue weighted by Crippen LogP contribution is 2.22. The number of carbonyl (C=O) groups is 1. The minimum absolute atomic E-state index is 0.0504. The molecule has 0 aliphatic carbocycles. The SMILES string of the molecule is CC(Sc1ccccc1)C(=O)NCc1ccc(Cn2cccn2)cc1. The largest absolute Gasteiger partial charge is 0.351 e. The standard InChI is InChI=1S/C20H21N3OS/c1-16(25-19-6-3-2-4-7-19)20(24)21-14-17-8-10-18(11-9-17)15-23-13-5-12-22-23/h2-13,16H,14-15H2,1H3,(H,21,24). The van der Waals surface area contributed by atoms with Gasteiger partial charge in [-0.25, -0.2) is 0 Å². The first-order chi connectivity index (χ1) is 12.2. The van der Waals surface area contributed by atoms with Crippen molar-refractivity contribution >= 4 is 17.7 Å². The van der Waals surface area contributed by atoms with Gasteiger partial charge >= 0.3 is 0 Å². The highest BCUT2D eigenvalue weighted by Gasteiger charge is 2.13. The fourth-order valence-corrected chi connectivity index (χ4v) is 3.35. The maximum Gasteiger partial charge on any atom is 0.233 e. The van der Waals surface area contributed by atoms with E-state index in [-0.39, 0.29) is 11.2 Å². The summed E-state index contributed by atoms with van der Waals surface area (Å²) in [5.41, 5.74) is 2.28. The highest BCUT2D eigenvalue weighted by molar-refractivity contribution is 8.00. The van der Waals surface area contributed by atoms with E-state index in [2.05, 4.69) is 22.5 Å². The number of rotatable bonds is 7. The van der Waals surface area contributed by atoms with Crippen LogP contribution in [-0.4, -0.2) is 20.9 Å². The van der Waals surface area contributed by atoms with Gasteiger partial charge in [0.2, 0.25) is 5.91 Å². The van der Waals surface area contributed by atoms with Gasteiger partial charge in [-0.15, -0.1) is 11.8 Å². The van der Waals surface area contributed by atoms with E-state index in [9.17, 15) is 4.79 Å². The van der Waals surface area contributed by atoms with Crippen molar-refractivity contribution in [1.82, 2.24) is 15.1 Å². The van der Waals surface area contributed by atoms with Crippen LogP contribution in [0.5, 0.6) is 0 Å². The lowest BCUT2D eigenvalue weighted by Crippen LogP contribution is -2.30. The second-order valence-corrected chi connectivity index (χ2v) is 7.23. The Morgan fingerprint density at radius 3 is 2.48 bits per heavy atom. The fourth-order valence-electron chi connectivity index (χ4n) is 2.43. The lowest BCUT2D eigenvalue weighted by molar-refractivity contribution is -0.120. The Balaban J connectivity index is 1.48. The molecule has 25 heavy (non-hydrogen) atoms. The number of amides is 1. The molecule has 0 radical (unpaired) electrons. The number of benzene rings is 2. The van der Waals surface area contributed by atoms with Gasteiger partial charge in [-0.3, -0.25) is 9.48 Å². The summed E-state index contributed by atoms with van der Waals surface area (Å²) in [6.07, 6.45) is 3.72. The molecule has 1 heterocycles. The van der Waals surface area contributed by atoms with E-state index in [0.29, 0.717) is 6.54 Å². The number of nitrogens with zero attached hydrogens (tertiary/aromatic N) is 2. The third-order valence-electron chi connectivity index (χ3n) is 3.82. The van der Waals surface area contributed by atoms with Crippen LogP contribution in [0.3, 0.4) is 0 Å². The lowest BCUT2D eigenvalue weighted by Gasteiger charge is -2.12. The molecule has 0 saturated carbocycles. The number of aromatic nitrogens is 2. The first-order valence-electron chi connectivity index (χ1n) is 8.25. The van der Waals surface area contributed by atoms with Crippen LogP contribution in [0, 0.1) is 0 Å². The minimum Gasteiger partial charge on any atom is -0.351 e. The van der Waals surface area contributed by atoms with Gasteiger partial charge in [0.1, 0.15) is 0 Å². The third kappa shape index (κ3) is 5.22. The summed E-state index contributed by atoms with van der Waals surface area (Å²) in [4.78, 5) is 13.4. The Labute approximate surface area is 152 Å². The predicted molar refractivity (Wildman–Crippen MR) is 101 cm³/mol. The summed E-state index contributed by atoms with van der Waals surface area (Å²) in [7, 11) is 0. The van der Waals surface area contributed by atoms with Crippen LogP contribution in [0.1, 0.15) is 18.1 Å². The Morgan fingerprint density at radius 1 is 1.08 bits per heavy atom. The van der Waals surface area contributed by atoms with Gasteiger partial charge in [-0.05, 0) is 36.2 Å². The average Bonchev–Trinajstić information content (AvgIpc) is 3.14. The molecule has 1 amide bonds. The lowest BCUT2D eigenvalue weighted by atomic mass is 10.1. The van der Waals surface area contributed by atoms with Gasteiger partial charge in [-0.2, -0.15) is 5.10 Å². The number of hydrogen-bond acceptors (Lipinski definition) is 3. The molecule has 0 spiro atoms. The van der Waals surface area contributed by atoms with Crippen LogP contribution in [0.2, 0.25) is 0 Å². The monoisotopic (exact) mass is 351 g/mol. The zero-order valence-corrected chi connectivity index (χ0v) is 14.9. The quantitative estimate of drug-likeness (QED) is 0.660. The molecule has 128 valence electrons. The summed E-state index contributed by atoms with van der Waals surface area (Å²) in [6.45, 7) is 3.23. The Bertz CT molecular complexity index is 786. The number of thioether (sulfide) groups is 1. The zero-order valence-electron chi connectivity index (χ0n) is 14.1. The van der Waals surface area contributed by atoms with Crippen molar-refractivity contribution in [2.75, 3.05) is 0 Å². The second-order valence-electron chi connectivity index (χ2n) is 5.81. The molecule has 4 nitrogen and oxygen atoms in total. The maximum absolute atomic E-state index is 12.3. The molecule has 5 heteroatoms. The molecule has 3 aromatic rings. The second kappa shape index (κ2) is 8.53. The molecule has 3 rings (SSSR count). The van der Waals surface area contributed by atoms with Crippen LogP contribution >= 0.6 is 11.8 Å². The van der Waals surface area contributed by atoms with E-state index in [1.165, 1.54) is 5.56 Å². The van der Waals surface area contributed by atoms with Crippen molar-refractivity contribution in [3.8, 4) is 0 Å². The van der Waals surface area contributed by atoms with Crippen molar-refractivity contribution in [3.05, 3.63) is 84.2 Å². The predicted octanol–water partition coefficient (Wildman–Crippen LogP) is 3.73. The zero-order chi connectivity index (χ0) is 17.5. The van der Waals surface area contributed by atoms with Gasteiger partial charge < -0.3 is 5.32 Å². The molecule has 0 saturated heterocycles. The molecule has 2 aromatic carbocycles. The normalized spacial score (nSPS) is 11.9. The van der Waals surface area contributed by atoms with E-state index in [4.69, 9.17) is 0 Å². The molecule has 1 aromatic heterocycles. The molecule has 1 atom stereocenters. The summed E-state index contributed by atoms with van der Waals surface area (Å²) >= 11 is 1.57. The molecule has 0 aliphatic rings. The smallest absolute Gasteiger partial charge is 0.233 e. The molecule has 0 bridgehead atoms. The van der Waals surface area contributed by atoms with Gasteiger partial charge in [0.25, 0.3) is 0 Å². The fraction of sp³-hybridized carbons (Fsp3) is 0.200.